The Balaban J connectivity index is 0.00000121. The molecule has 0 amide bonds. The van der Waals surface area contributed by atoms with Crippen LogP contribution in [0.4, 0.5) is 0 Å². The summed E-state index contributed by atoms with van der Waals surface area (Å²) in [4.78, 5) is 1.27. The number of halogens is 2. The topological polar surface area (TPSA) is 26.0 Å². The Kier molecular flexibility index (Phi) is 5.41. The molecule has 0 fully saturated rings. The minimum absolute atomic E-state index is 0. The maximum absolute atomic E-state index is 5.87. The van der Waals surface area contributed by atoms with Gasteiger partial charge in [0.05, 0.1) is 3.79 Å². The Hall–Kier alpha value is 0.430. The first-order chi connectivity index (χ1) is 5.15. The standard InChI is InChI=1S/C8H12BrNS.ClH/c1-3-6(10)7-4-5(2)8(9)11-7;/h4,6H,3,10H2,1-2H3;1H/t6-;/m1./s1. The average molecular weight is 271 g/mol. The highest BCUT2D eigenvalue weighted by atomic mass is 79.9. The molecule has 0 saturated heterocycles. The van der Waals surface area contributed by atoms with Crippen molar-refractivity contribution < 1.29 is 0 Å². The lowest BCUT2D eigenvalue weighted by molar-refractivity contribution is 0.712. The quantitative estimate of drug-likeness (QED) is 0.872. The molecule has 0 unspecified atom stereocenters. The van der Waals surface area contributed by atoms with E-state index in [2.05, 4.69) is 35.8 Å². The molecule has 70 valence electrons. The van der Waals surface area contributed by atoms with Crippen molar-refractivity contribution in [3.8, 4) is 0 Å². The van der Waals surface area contributed by atoms with Crippen LogP contribution in [-0.2, 0) is 0 Å². The molecule has 1 aromatic heterocycles. The largest absolute Gasteiger partial charge is 0.323 e. The molecular weight excluding hydrogens is 258 g/mol. The Morgan fingerprint density at radius 3 is 2.58 bits per heavy atom. The van der Waals surface area contributed by atoms with Gasteiger partial charge in [0.2, 0.25) is 0 Å². The van der Waals surface area contributed by atoms with Gasteiger partial charge >= 0.3 is 0 Å². The summed E-state index contributed by atoms with van der Waals surface area (Å²) >= 11 is 5.22. The summed E-state index contributed by atoms with van der Waals surface area (Å²) in [6.07, 6.45) is 1.01. The molecule has 1 heterocycles. The van der Waals surface area contributed by atoms with Gasteiger partial charge in [-0.3, -0.25) is 0 Å². The average Bonchev–Trinajstić information content (AvgIpc) is 2.31. The molecule has 0 bridgehead atoms. The molecule has 0 spiro atoms. The zero-order valence-corrected chi connectivity index (χ0v) is 10.4. The van der Waals surface area contributed by atoms with Crippen molar-refractivity contribution in [2.75, 3.05) is 0 Å². The summed E-state index contributed by atoms with van der Waals surface area (Å²) in [5, 5.41) is 0. The van der Waals surface area contributed by atoms with Gasteiger partial charge in [0.1, 0.15) is 0 Å². The third-order valence-corrected chi connectivity index (χ3v) is 3.95. The summed E-state index contributed by atoms with van der Waals surface area (Å²) in [6.45, 7) is 4.19. The monoisotopic (exact) mass is 269 g/mol. The molecule has 1 atom stereocenters. The second-order valence-corrected chi connectivity index (χ2v) is 5.02. The predicted octanol–water partition coefficient (Wildman–Crippen LogP) is 3.65. The van der Waals surface area contributed by atoms with Crippen LogP contribution >= 0.6 is 39.7 Å². The summed E-state index contributed by atoms with van der Waals surface area (Å²) in [5.74, 6) is 0. The van der Waals surface area contributed by atoms with Crippen molar-refractivity contribution in [2.24, 2.45) is 5.73 Å². The predicted molar refractivity (Wildman–Crippen MR) is 61.2 cm³/mol. The Morgan fingerprint density at radius 2 is 2.25 bits per heavy atom. The van der Waals surface area contributed by atoms with Crippen LogP contribution in [0.3, 0.4) is 0 Å². The molecule has 1 rings (SSSR count). The van der Waals surface area contributed by atoms with Crippen LogP contribution in [0.5, 0.6) is 0 Å². The van der Waals surface area contributed by atoms with E-state index < -0.39 is 0 Å². The molecule has 0 aromatic carbocycles. The van der Waals surface area contributed by atoms with Gasteiger partial charge in [-0.05, 0) is 40.9 Å². The Labute approximate surface area is 91.9 Å². The van der Waals surface area contributed by atoms with E-state index in [1.54, 1.807) is 11.3 Å². The molecule has 1 nitrogen and oxygen atoms in total. The van der Waals surface area contributed by atoms with Gasteiger partial charge in [0.25, 0.3) is 0 Å². The van der Waals surface area contributed by atoms with Crippen molar-refractivity contribution in [2.45, 2.75) is 26.3 Å². The first kappa shape index (κ1) is 12.4. The van der Waals surface area contributed by atoms with Crippen LogP contribution in [0.1, 0.15) is 29.8 Å². The second kappa shape index (κ2) is 5.22. The highest BCUT2D eigenvalue weighted by Gasteiger charge is 2.08. The molecule has 0 radical (unpaired) electrons. The van der Waals surface area contributed by atoms with E-state index in [1.165, 1.54) is 14.2 Å². The maximum Gasteiger partial charge on any atom is 0.0731 e. The number of rotatable bonds is 2. The normalized spacial score (nSPS) is 12.3. The van der Waals surface area contributed by atoms with Crippen molar-refractivity contribution in [3.05, 3.63) is 20.3 Å². The molecular formula is C8H13BrClNS. The Morgan fingerprint density at radius 1 is 1.67 bits per heavy atom. The van der Waals surface area contributed by atoms with Crippen LogP contribution in [0.2, 0.25) is 0 Å². The third kappa shape index (κ3) is 2.73. The lowest BCUT2D eigenvalue weighted by Crippen LogP contribution is -2.05. The fourth-order valence-corrected chi connectivity index (χ4v) is 2.52. The van der Waals surface area contributed by atoms with Crippen LogP contribution < -0.4 is 5.73 Å². The minimum atomic E-state index is 0. The highest BCUT2D eigenvalue weighted by Crippen LogP contribution is 2.31. The summed E-state index contributed by atoms with van der Waals surface area (Å²) in [6, 6.07) is 2.37. The minimum Gasteiger partial charge on any atom is -0.323 e. The number of hydrogen-bond acceptors (Lipinski definition) is 2. The van der Waals surface area contributed by atoms with E-state index in [0.717, 1.165) is 6.42 Å². The van der Waals surface area contributed by atoms with Crippen molar-refractivity contribution >= 4 is 39.7 Å². The SMILES string of the molecule is CC[C@@H](N)c1cc(C)c(Br)s1.Cl. The van der Waals surface area contributed by atoms with E-state index in [9.17, 15) is 0 Å². The second-order valence-electron chi connectivity index (χ2n) is 2.62. The summed E-state index contributed by atoms with van der Waals surface area (Å²) in [7, 11) is 0. The lowest BCUT2D eigenvalue weighted by Gasteiger charge is -2.03. The first-order valence-corrected chi connectivity index (χ1v) is 5.27. The third-order valence-electron chi connectivity index (χ3n) is 1.68. The number of thiophene rings is 1. The van der Waals surface area contributed by atoms with Crippen molar-refractivity contribution in [1.82, 2.24) is 0 Å². The zero-order chi connectivity index (χ0) is 8.43. The van der Waals surface area contributed by atoms with E-state index in [-0.39, 0.29) is 18.4 Å². The van der Waals surface area contributed by atoms with E-state index >= 15 is 0 Å². The van der Waals surface area contributed by atoms with E-state index in [0.29, 0.717) is 0 Å². The number of hydrogen-bond donors (Lipinski definition) is 1. The summed E-state index contributed by atoms with van der Waals surface area (Å²) in [5.41, 5.74) is 7.15. The summed E-state index contributed by atoms with van der Waals surface area (Å²) < 4.78 is 1.20. The van der Waals surface area contributed by atoms with E-state index in [1.807, 2.05) is 0 Å². The zero-order valence-electron chi connectivity index (χ0n) is 7.13. The molecule has 0 aliphatic heterocycles. The molecule has 2 N–H and O–H groups in total. The Bertz CT molecular complexity index is 230. The van der Waals surface area contributed by atoms with Crippen LogP contribution in [0.25, 0.3) is 0 Å². The lowest BCUT2D eigenvalue weighted by atomic mass is 10.2. The van der Waals surface area contributed by atoms with E-state index in [4.69, 9.17) is 5.73 Å². The maximum atomic E-state index is 5.87. The molecule has 0 aliphatic carbocycles. The fraction of sp³-hybridized carbons (Fsp3) is 0.500. The van der Waals surface area contributed by atoms with Crippen LogP contribution in [-0.4, -0.2) is 0 Å². The van der Waals surface area contributed by atoms with Gasteiger partial charge in [0, 0.05) is 10.9 Å². The van der Waals surface area contributed by atoms with Gasteiger partial charge in [-0.15, -0.1) is 23.7 Å². The first-order valence-electron chi connectivity index (χ1n) is 3.66. The number of nitrogens with two attached hydrogens (primary N) is 1. The number of aryl methyl sites for hydroxylation is 1. The van der Waals surface area contributed by atoms with Gasteiger partial charge in [-0.1, -0.05) is 6.92 Å². The van der Waals surface area contributed by atoms with Crippen molar-refractivity contribution in [3.63, 3.8) is 0 Å². The van der Waals surface area contributed by atoms with Gasteiger partial charge < -0.3 is 5.73 Å². The van der Waals surface area contributed by atoms with Gasteiger partial charge in [0.15, 0.2) is 0 Å². The molecule has 0 aliphatic rings. The smallest absolute Gasteiger partial charge is 0.0731 e. The molecule has 4 heteroatoms. The molecule has 12 heavy (non-hydrogen) atoms. The van der Waals surface area contributed by atoms with Crippen LogP contribution in [0.15, 0.2) is 9.85 Å². The van der Waals surface area contributed by atoms with Gasteiger partial charge in [-0.2, -0.15) is 0 Å². The van der Waals surface area contributed by atoms with Crippen molar-refractivity contribution in [1.29, 1.82) is 0 Å². The fourth-order valence-electron chi connectivity index (χ4n) is 0.867. The van der Waals surface area contributed by atoms with Crippen LogP contribution in [0, 0.1) is 6.92 Å². The molecule has 1 aromatic rings. The molecule has 0 saturated carbocycles. The highest BCUT2D eigenvalue weighted by molar-refractivity contribution is 9.11. The van der Waals surface area contributed by atoms with Gasteiger partial charge in [-0.25, -0.2) is 0 Å².